The van der Waals surface area contributed by atoms with Gasteiger partial charge in [0.2, 0.25) is 0 Å². The molecule has 5 nitrogen and oxygen atoms in total. The fourth-order valence-electron chi connectivity index (χ4n) is 1.93. The lowest BCUT2D eigenvalue weighted by molar-refractivity contribution is 0.498. The monoisotopic (exact) mass is 203 g/mol. The maximum Gasteiger partial charge on any atom is 0.179 e. The van der Waals surface area contributed by atoms with Crippen molar-refractivity contribution in [3.05, 3.63) is 24.7 Å². The molecule has 0 aromatic carbocycles. The van der Waals surface area contributed by atoms with Gasteiger partial charge < -0.3 is 10.3 Å². The highest BCUT2D eigenvalue weighted by molar-refractivity contribution is 5.70. The van der Waals surface area contributed by atoms with E-state index in [1.165, 1.54) is 0 Å². The largest absolute Gasteiger partial charge is 0.313 e. The third-order valence-electron chi connectivity index (χ3n) is 2.70. The van der Waals surface area contributed by atoms with Crippen molar-refractivity contribution in [1.82, 2.24) is 20.0 Å². The molecule has 3 heterocycles. The summed E-state index contributed by atoms with van der Waals surface area (Å²) in [6, 6.07) is 4.00. The predicted octanol–water partition coefficient (Wildman–Crippen LogP) is -0.0275. The first-order chi connectivity index (χ1) is 7.45. The van der Waals surface area contributed by atoms with E-state index in [1.54, 1.807) is 6.20 Å². The minimum absolute atomic E-state index is 0.816. The molecule has 0 aliphatic carbocycles. The Morgan fingerprint density at radius 2 is 2.07 bits per heavy atom. The van der Waals surface area contributed by atoms with Crippen molar-refractivity contribution in [2.45, 2.75) is 0 Å². The average molecular weight is 203 g/mol. The molecule has 1 aliphatic rings. The minimum atomic E-state index is 0.816. The van der Waals surface area contributed by atoms with E-state index in [0.29, 0.717) is 0 Å². The molecule has 15 heavy (non-hydrogen) atoms. The number of imidazole rings is 1. The molecular weight excluding hydrogens is 190 g/mol. The number of rotatable bonds is 1. The summed E-state index contributed by atoms with van der Waals surface area (Å²) >= 11 is 0. The van der Waals surface area contributed by atoms with Crippen LogP contribution in [-0.2, 0) is 0 Å². The number of hydrogen-bond acceptors (Lipinski definition) is 4. The van der Waals surface area contributed by atoms with Gasteiger partial charge in [-0.3, -0.25) is 0 Å². The van der Waals surface area contributed by atoms with Gasteiger partial charge in [0, 0.05) is 32.4 Å². The zero-order valence-corrected chi connectivity index (χ0v) is 8.43. The van der Waals surface area contributed by atoms with Gasteiger partial charge in [-0.25, -0.2) is 14.6 Å². The molecule has 0 amide bonds. The number of nitrogens with one attached hydrogen (secondary N) is 1. The number of pyridine rings is 1. The smallest absolute Gasteiger partial charge is 0.179 e. The first kappa shape index (κ1) is 8.67. The van der Waals surface area contributed by atoms with E-state index in [1.807, 2.05) is 12.4 Å². The molecule has 0 unspecified atom stereocenters. The van der Waals surface area contributed by atoms with Gasteiger partial charge in [0.25, 0.3) is 0 Å². The number of hydrogen-bond donors (Lipinski definition) is 1. The van der Waals surface area contributed by atoms with Crippen LogP contribution in [0.4, 0.5) is 0 Å². The Kier molecular flexibility index (Phi) is 2.03. The Labute approximate surface area is 87.7 Å². The van der Waals surface area contributed by atoms with Crippen LogP contribution in [-0.4, -0.2) is 40.8 Å². The summed E-state index contributed by atoms with van der Waals surface area (Å²) < 4.78 is 2.10. The summed E-state index contributed by atoms with van der Waals surface area (Å²) in [7, 11) is 0. The molecule has 2 aromatic rings. The van der Waals surface area contributed by atoms with Crippen LogP contribution in [0.2, 0.25) is 0 Å². The molecule has 1 aliphatic heterocycles. The third-order valence-corrected chi connectivity index (χ3v) is 2.70. The normalized spacial score (nSPS) is 17.2. The maximum atomic E-state index is 4.28. The molecule has 2 aromatic heterocycles. The molecule has 0 spiro atoms. The number of piperazine rings is 1. The van der Waals surface area contributed by atoms with E-state index in [-0.39, 0.29) is 0 Å². The van der Waals surface area contributed by atoms with Crippen molar-refractivity contribution in [3.63, 3.8) is 0 Å². The quantitative estimate of drug-likeness (QED) is 0.707. The Balaban J connectivity index is 2.02. The highest BCUT2D eigenvalue weighted by Gasteiger charge is 2.12. The second-order valence-electron chi connectivity index (χ2n) is 3.64. The van der Waals surface area contributed by atoms with Crippen LogP contribution in [0.3, 0.4) is 0 Å². The molecule has 78 valence electrons. The summed E-state index contributed by atoms with van der Waals surface area (Å²) in [5, 5.41) is 5.62. The van der Waals surface area contributed by atoms with Crippen LogP contribution >= 0.6 is 0 Å². The molecule has 1 N–H and O–H groups in total. The Morgan fingerprint density at radius 1 is 1.20 bits per heavy atom. The van der Waals surface area contributed by atoms with Crippen molar-refractivity contribution in [1.29, 1.82) is 0 Å². The molecule has 1 saturated heterocycles. The molecule has 0 saturated carbocycles. The number of nitrogens with zero attached hydrogens (tertiary/aromatic N) is 4. The summed E-state index contributed by atoms with van der Waals surface area (Å²) in [6.07, 6.45) is 3.63. The van der Waals surface area contributed by atoms with Crippen LogP contribution in [0.1, 0.15) is 0 Å². The fraction of sp³-hybridized carbons (Fsp3) is 0.400. The predicted molar refractivity (Wildman–Crippen MR) is 58.3 cm³/mol. The van der Waals surface area contributed by atoms with Crippen molar-refractivity contribution >= 4 is 11.2 Å². The Hall–Kier alpha value is -1.62. The lowest BCUT2D eigenvalue weighted by Gasteiger charge is -2.30. The van der Waals surface area contributed by atoms with Gasteiger partial charge in [-0.1, -0.05) is 0 Å². The Morgan fingerprint density at radius 3 is 2.93 bits per heavy atom. The van der Waals surface area contributed by atoms with E-state index in [2.05, 4.69) is 31.0 Å². The van der Waals surface area contributed by atoms with Gasteiger partial charge in [0.05, 0.1) is 0 Å². The molecule has 3 rings (SSSR count). The molecule has 0 radical (unpaired) electrons. The lowest BCUT2D eigenvalue weighted by atomic mass is 10.4. The summed E-state index contributed by atoms with van der Waals surface area (Å²) in [5.74, 6) is 0. The highest BCUT2D eigenvalue weighted by atomic mass is 15.6. The van der Waals surface area contributed by atoms with Crippen LogP contribution in [0.25, 0.3) is 11.2 Å². The van der Waals surface area contributed by atoms with Gasteiger partial charge >= 0.3 is 0 Å². The van der Waals surface area contributed by atoms with Crippen molar-refractivity contribution < 1.29 is 0 Å². The third kappa shape index (κ3) is 1.45. The van der Waals surface area contributed by atoms with Crippen LogP contribution in [0.15, 0.2) is 24.7 Å². The van der Waals surface area contributed by atoms with Gasteiger partial charge in [-0.15, -0.1) is 0 Å². The molecule has 0 atom stereocenters. The second kappa shape index (κ2) is 3.51. The first-order valence-electron chi connectivity index (χ1n) is 5.19. The standard InChI is InChI=1S/C10H13N5/c1-2-9-10(12-3-1)13-8-15(9)14-6-4-11-5-7-14/h1-3,8,11H,4-7H2. The second-order valence-corrected chi connectivity index (χ2v) is 3.64. The molecule has 5 heteroatoms. The summed E-state index contributed by atoms with van der Waals surface area (Å²) in [6.45, 7) is 4.08. The molecule has 0 bridgehead atoms. The van der Waals surface area contributed by atoms with Gasteiger partial charge in [0.15, 0.2) is 5.65 Å². The zero-order valence-electron chi connectivity index (χ0n) is 8.43. The van der Waals surface area contributed by atoms with E-state index in [4.69, 9.17) is 0 Å². The fourth-order valence-corrected chi connectivity index (χ4v) is 1.93. The lowest BCUT2D eigenvalue weighted by Crippen LogP contribution is -2.48. The number of aromatic nitrogens is 3. The SMILES string of the molecule is c1cnc2ncn(N3CCNCC3)c2c1. The van der Waals surface area contributed by atoms with Crippen LogP contribution in [0.5, 0.6) is 0 Å². The summed E-state index contributed by atoms with van der Waals surface area (Å²) in [5.41, 5.74) is 1.90. The van der Waals surface area contributed by atoms with Gasteiger partial charge in [-0.2, -0.15) is 0 Å². The van der Waals surface area contributed by atoms with Crippen LogP contribution < -0.4 is 10.3 Å². The topological polar surface area (TPSA) is 46.0 Å². The van der Waals surface area contributed by atoms with E-state index in [9.17, 15) is 0 Å². The first-order valence-corrected chi connectivity index (χ1v) is 5.19. The van der Waals surface area contributed by atoms with E-state index in [0.717, 1.165) is 37.3 Å². The van der Waals surface area contributed by atoms with Crippen LogP contribution in [0, 0.1) is 0 Å². The van der Waals surface area contributed by atoms with Gasteiger partial charge in [0.1, 0.15) is 11.8 Å². The van der Waals surface area contributed by atoms with Crippen molar-refractivity contribution in [2.75, 3.05) is 31.2 Å². The van der Waals surface area contributed by atoms with Crippen molar-refractivity contribution in [3.8, 4) is 0 Å². The minimum Gasteiger partial charge on any atom is -0.313 e. The van der Waals surface area contributed by atoms with Gasteiger partial charge in [-0.05, 0) is 12.1 Å². The Bertz CT molecular complexity index is 458. The summed E-state index contributed by atoms with van der Waals surface area (Å²) in [4.78, 5) is 8.51. The van der Waals surface area contributed by atoms with E-state index >= 15 is 0 Å². The maximum absolute atomic E-state index is 4.28. The number of fused-ring (bicyclic) bond motifs is 1. The average Bonchev–Trinajstić information content (AvgIpc) is 2.74. The zero-order chi connectivity index (χ0) is 10.1. The highest BCUT2D eigenvalue weighted by Crippen LogP contribution is 2.09. The molecule has 1 fully saturated rings. The van der Waals surface area contributed by atoms with Crippen molar-refractivity contribution in [2.24, 2.45) is 0 Å². The molecular formula is C10H13N5. The van der Waals surface area contributed by atoms with E-state index < -0.39 is 0 Å².